The van der Waals surface area contributed by atoms with Crippen molar-refractivity contribution >= 4 is 29.9 Å². The molecule has 6 heteroatoms. The Morgan fingerprint density at radius 2 is 2.50 bits per heavy atom. The Hall–Kier alpha value is -1.05. The third-order valence-electron chi connectivity index (χ3n) is 1.97. The summed E-state index contributed by atoms with van der Waals surface area (Å²) in [5.41, 5.74) is 5.60. The minimum atomic E-state index is 0. The van der Waals surface area contributed by atoms with Gasteiger partial charge in [-0.1, -0.05) is 6.08 Å². The van der Waals surface area contributed by atoms with Gasteiger partial charge in [0.05, 0.1) is 6.54 Å². The summed E-state index contributed by atoms with van der Waals surface area (Å²) in [6.45, 7) is 7.62. The highest BCUT2D eigenvalue weighted by Crippen LogP contribution is 1.94. The Kier molecular flexibility index (Phi) is 7.61. The topological polar surface area (TPSA) is 68.2 Å². The van der Waals surface area contributed by atoms with E-state index in [2.05, 4.69) is 21.9 Å². The van der Waals surface area contributed by atoms with Gasteiger partial charge in [0, 0.05) is 25.5 Å². The number of aryl methyl sites for hydroxylation is 1. The molecular formula is C10H18IN5. The van der Waals surface area contributed by atoms with Crippen molar-refractivity contribution in [2.24, 2.45) is 10.7 Å². The van der Waals surface area contributed by atoms with Crippen molar-refractivity contribution in [1.29, 1.82) is 0 Å². The minimum Gasteiger partial charge on any atom is -0.370 e. The van der Waals surface area contributed by atoms with Crippen LogP contribution in [0.2, 0.25) is 0 Å². The number of hydrogen-bond donors (Lipinski definition) is 2. The first-order valence-electron chi connectivity index (χ1n) is 4.86. The monoisotopic (exact) mass is 335 g/mol. The van der Waals surface area contributed by atoms with E-state index >= 15 is 0 Å². The number of imidazole rings is 1. The molecule has 0 aromatic carbocycles. The van der Waals surface area contributed by atoms with Gasteiger partial charge in [0.25, 0.3) is 0 Å². The second-order valence-corrected chi connectivity index (χ2v) is 3.10. The molecule has 1 rings (SSSR count). The zero-order valence-corrected chi connectivity index (χ0v) is 11.7. The lowest BCUT2D eigenvalue weighted by atomic mass is 10.5. The minimum absolute atomic E-state index is 0. The maximum absolute atomic E-state index is 5.60. The van der Waals surface area contributed by atoms with Crippen LogP contribution in [0.1, 0.15) is 5.82 Å². The Morgan fingerprint density at radius 3 is 3.06 bits per heavy atom. The molecule has 0 saturated heterocycles. The van der Waals surface area contributed by atoms with Gasteiger partial charge in [0.15, 0.2) is 5.96 Å². The fourth-order valence-corrected chi connectivity index (χ4v) is 1.15. The molecular weight excluding hydrogens is 317 g/mol. The molecule has 1 aromatic heterocycles. The summed E-state index contributed by atoms with van der Waals surface area (Å²) >= 11 is 0. The van der Waals surface area contributed by atoms with E-state index in [1.54, 1.807) is 12.3 Å². The van der Waals surface area contributed by atoms with Crippen LogP contribution in [0.25, 0.3) is 0 Å². The van der Waals surface area contributed by atoms with Crippen LogP contribution in [0.15, 0.2) is 30.0 Å². The molecule has 0 aliphatic heterocycles. The molecule has 3 N–H and O–H groups in total. The van der Waals surface area contributed by atoms with Gasteiger partial charge in [-0.15, -0.1) is 30.6 Å². The van der Waals surface area contributed by atoms with Crippen molar-refractivity contribution in [2.75, 3.05) is 13.1 Å². The van der Waals surface area contributed by atoms with E-state index in [0.29, 0.717) is 19.0 Å². The van der Waals surface area contributed by atoms with Gasteiger partial charge in [-0.2, -0.15) is 0 Å². The largest absolute Gasteiger partial charge is 0.370 e. The summed E-state index contributed by atoms with van der Waals surface area (Å²) in [4.78, 5) is 8.28. The molecule has 0 saturated carbocycles. The van der Waals surface area contributed by atoms with Crippen molar-refractivity contribution in [3.05, 3.63) is 30.9 Å². The number of rotatable bonds is 5. The number of guanidine groups is 1. The third kappa shape index (κ3) is 5.15. The van der Waals surface area contributed by atoms with E-state index in [1.807, 2.05) is 17.7 Å². The summed E-state index contributed by atoms with van der Waals surface area (Å²) < 4.78 is 2.03. The molecule has 0 radical (unpaired) electrons. The summed E-state index contributed by atoms with van der Waals surface area (Å²) in [6, 6.07) is 0. The first-order chi connectivity index (χ1) is 7.24. The molecule has 0 spiro atoms. The van der Waals surface area contributed by atoms with Gasteiger partial charge >= 0.3 is 0 Å². The van der Waals surface area contributed by atoms with E-state index in [9.17, 15) is 0 Å². The van der Waals surface area contributed by atoms with Crippen LogP contribution in [0, 0.1) is 6.92 Å². The maximum Gasteiger partial charge on any atom is 0.188 e. The molecule has 0 amide bonds. The average molecular weight is 335 g/mol. The standard InChI is InChI=1S/C10H17N5.HI/c1-3-4-13-10(11)14-6-8-15-7-5-12-9(15)2;/h3,5,7H,1,4,6,8H2,2H3,(H3,11,13,14);1H. The maximum atomic E-state index is 5.60. The van der Waals surface area contributed by atoms with Gasteiger partial charge in [-0.3, -0.25) is 4.99 Å². The highest BCUT2D eigenvalue weighted by molar-refractivity contribution is 14.0. The highest BCUT2D eigenvalue weighted by Gasteiger charge is 1.95. The molecule has 0 fully saturated rings. The van der Waals surface area contributed by atoms with Gasteiger partial charge in [-0.05, 0) is 6.92 Å². The second-order valence-electron chi connectivity index (χ2n) is 3.10. The fraction of sp³-hybridized carbons (Fsp3) is 0.400. The number of aliphatic imine (C=N–C) groups is 1. The zero-order valence-electron chi connectivity index (χ0n) is 9.39. The van der Waals surface area contributed by atoms with Crippen molar-refractivity contribution in [3.63, 3.8) is 0 Å². The van der Waals surface area contributed by atoms with Crippen LogP contribution in [-0.4, -0.2) is 28.6 Å². The molecule has 1 heterocycles. The van der Waals surface area contributed by atoms with E-state index in [1.165, 1.54) is 0 Å². The van der Waals surface area contributed by atoms with Gasteiger partial charge < -0.3 is 15.6 Å². The zero-order chi connectivity index (χ0) is 11.1. The smallest absolute Gasteiger partial charge is 0.188 e. The van der Waals surface area contributed by atoms with Crippen molar-refractivity contribution in [2.45, 2.75) is 13.5 Å². The van der Waals surface area contributed by atoms with E-state index in [0.717, 1.165) is 12.4 Å². The van der Waals surface area contributed by atoms with Gasteiger partial charge in [-0.25, -0.2) is 4.98 Å². The van der Waals surface area contributed by atoms with Crippen LogP contribution in [0.3, 0.4) is 0 Å². The summed E-state index contributed by atoms with van der Waals surface area (Å²) in [5.74, 6) is 1.44. The number of hydrogen-bond acceptors (Lipinski definition) is 2. The normalized spacial score (nSPS) is 10.7. The molecule has 0 bridgehead atoms. The number of aromatic nitrogens is 2. The summed E-state index contributed by atoms with van der Waals surface area (Å²) in [6.07, 6.45) is 5.44. The number of halogens is 1. The number of nitrogens with one attached hydrogen (secondary N) is 1. The Morgan fingerprint density at radius 1 is 1.75 bits per heavy atom. The van der Waals surface area contributed by atoms with Crippen LogP contribution in [0.4, 0.5) is 0 Å². The van der Waals surface area contributed by atoms with Crippen LogP contribution >= 0.6 is 24.0 Å². The van der Waals surface area contributed by atoms with Gasteiger partial charge in [0.2, 0.25) is 0 Å². The van der Waals surface area contributed by atoms with Crippen molar-refractivity contribution in [1.82, 2.24) is 14.9 Å². The Labute approximate surface area is 113 Å². The van der Waals surface area contributed by atoms with E-state index in [-0.39, 0.29) is 24.0 Å². The molecule has 16 heavy (non-hydrogen) atoms. The molecule has 90 valence electrons. The third-order valence-corrected chi connectivity index (χ3v) is 1.97. The lowest BCUT2D eigenvalue weighted by molar-refractivity contribution is 0.683. The van der Waals surface area contributed by atoms with Crippen LogP contribution in [-0.2, 0) is 6.54 Å². The Balaban J connectivity index is 0.00000225. The second kappa shape index (κ2) is 8.14. The predicted octanol–water partition coefficient (Wildman–Crippen LogP) is 0.900. The predicted molar refractivity (Wildman–Crippen MR) is 77.1 cm³/mol. The average Bonchev–Trinajstić information content (AvgIpc) is 2.61. The number of nitrogens with two attached hydrogens (primary N) is 1. The quantitative estimate of drug-likeness (QED) is 0.364. The van der Waals surface area contributed by atoms with Crippen molar-refractivity contribution in [3.8, 4) is 0 Å². The lowest BCUT2D eigenvalue weighted by Crippen LogP contribution is -2.32. The van der Waals surface area contributed by atoms with E-state index < -0.39 is 0 Å². The lowest BCUT2D eigenvalue weighted by Gasteiger charge is -2.04. The molecule has 5 nitrogen and oxygen atoms in total. The first kappa shape index (κ1) is 14.9. The summed E-state index contributed by atoms with van der Waals surface area (Å²) in [5, 5.41) is 2.91. The summed E-state index contributed by atoms with van der Waals surface area (Å²) in [7, 11) is 0. The van der Waals surface area contributed by atoms with Gasteiger partial charge in [0.1, 0.15) is 5.82 Å². The van der Waals surface area contributed by atoms with Crippen LogP contribution in [0.5, 0.6) is 0 Å². The molecule has 0 atom stereocenters. The van der Waals surface area contributed by atoms with Crippen molar-refractivity contribution < 1.29 is 0 Å². The SMILES string of the molecule is C=CCNC(N)=NCCn1ccnc1C.I. The fourth-order valence-electron chi connectivity index (χ4n) is 1.15. The molecule has 0 aliphatic rings. The Bertz CT molecular complexity index is 345. The first-order valence-corrected chi connectivity index (χ1v) is 4.86. The number of nitrogens with zero attached hydrogens (tertiary/aromatic N) is 3. The molecule has 0 aliphatic carbocycles. The highest BCUT2D eigenvalue weighted by atomic mass is 127. The van der Waals surface area contributed by atoms with E-state index in [4.69, 9.17) is 5.73 Å². The molecule has 1 aromatic rings. The molecule has 0 unspecified atom stereocenters. The van der Waals surface area contributed by atoms with Crippen LogP contribution < -0.4 is 11.1 Å².